The van der Waals surface area contributed by atoms with Gasteiger partial charge in [-0.05, 0) is 13.0 Å². The van der Waals surface area contributed by atoms with Crippen molar-refractivity contribution in [3.8, 4) is 0 Å². The Morgan fingerprint density at radius 3 is 2.52 bits per heavy atom. The third-order valence-corrected chi connectivity index (χ3v) is 3.05. The van der Waals surface area contributed by atoms with Gasteiger partial charge in [0.25, 0.3) is 0 Å². The molecule has 1 aromatic carbocycles. The van der Waals surface area contributed by atoms with Crippen LogP contribution in [0.1, 0.15) is 12.5 Å². The van der Waals surface area contributed by atoms with Crippen molar-refractivity contribution in [2.75, 3.05) is 0 Å². The second-order valence-corrected chi connectivity index (χ2v) is 4.67. The summed E-state index contributed by atoms with van der Waals surface area (Å²) in [6.45, 7) is 2.03. The second-order valence-electron chi connectivity index (χ2n) is 4.26. The summed E-state index contributed by atoms with van der Waals surface area (Å²) in [7, 11) is 0. The Hall–Kier alpha value is -1.91. The van der Waals surface area contributed by atoms with Crippen LogP contribution in [0.5, 0.6) is 0 Å². The van der Waals surface area contributed by atoms with Crippen LogP contribution in [-0.2, 0) is 11.3 Å². The molecular formula is C15H15Cl2N3O. The van der Waals surface area contributed by atoms with Crippen LogP contribution >= 0.6 is 11.6 Å². The first-order chi connectivity index (χ1) is 9.66. The van der Waals surface area contributed by atoms with Gasteiger partial charge in [-0.1, -0.05) is 35.9 Å². The van der Waals surface area contributed by atoms with Crippen LogP contribution < -0.4 is 22.4 Å². The zero-order chi connectivity index (χ0) is 14.4. The molecule has 1 amide bonds. The Labute approximate surface area is 134 Å². The normalized spacial score (nSPS) is 10.7. The summed E-state index contributed by atoms with van der Waals surface area (Å²) in [6.07, 6.45) is 3.65. The highest BCUT2D eigenvalue weighted by Gasteiger charge is 2.08. The first kappa shape index (κ1) is 17.1. The first-order valence-corrected chi connectivity index (χ1v) is 6.57. The van der Waals surface area contributed by atoms with Crippen molar-refractivity contribution < 1.29 is 21.8 Å². The summed E-state index contributed by atoms with van der Waals surface area (Å²) < 4.78 is 1.77. The molecule has 1 heterocycles. The number of amides is 1. The predicted molar refractivity (Wildman–Crippen MR) is 78.4 cm³/mol. The van der Waals surface area contributed by atoms with Crippen molar-refractivity contribution in [1.82, 2.24) is 5.43 Å². The molecule has 0 saturated carbocycles. The maximum Gasteiger partial charge on any atom is 0.305 e. The molecule has 0 fully saturated rings. The quantitative estimate of drug-likeness (QED) is 0.446. The fourth-order valence-corrected chi connectivity index (χ4v) is 1.97. The zero-order valence-corrected chi connectivity index (χ0v) is 13.0. The summed E-state index contributed by atoms with van der Waals surface area (Å²) in [4.78, 5) is 11.8. The van der Waals surface area contributed by atoms with Crippen LogP contribution in [0.15, 0.2) is 60.0 Å². The number of hydrogen-bond acceptors (Lipinski definition) is 2. The van der Waals surface area contributed by atoms with Crippen molar-refractivity contribution >= 4 is 23.2 Å². The van der Waals surface area contributed by atoms with Gasteiger partial charge in [0.15, 0.2) is 12.4 Å². The SMILES string of the molecule is C/C(=N\NC(=O)C[n+]1ccccc1)c1ccccc1Cl.[Cl-]. The molecule has 2 rings (SSSR count). The number of nitrogens with zero attached hydrogens (tertiary/aromatic N) is 2. The number of carbonyl (C=O) groups excluding carboxylic acids is 1. The van der Waals surface area contributed by atoms with Gasteiger partial charge in [0.1, 0.15) is 0 Å². The molecule has 1 aromatic heterocycles. The number of pyridine rings is 1. The lowest BCUT2D eigenvalue weighted by Crippen LogP contribution is -3.00. The minimum atomic E-state index is -0.187. The second kappa shape index (κ2) is 8.39. The number of rotatable bonds is 4. The number of nitrogens with one attached hydrogen (secondary N) is 1. The smallest absolute Gasteiger partial charge is 0.305 e. The Kier molecular flexibility index (Phi) is 6.85. The van der Waals surface area contributed by atoms with E-state index in [0.29, 0.717) is 10.7 Å². The van der Waals surface area contributed by atoms with Gasteiger partial charge in [0.2, 0.25) is 6.54 Å². The first-order valence-electron chi connectivity index (χ1n) is 6.19. The number of hydrazone groups is 1. The minimum absolute atomic E-state index is 0. The van der Waals surface area contributed by atoms with Crippen molar-refractivity contribution in [2.24, 2.45) is 5.10 Å². The van der Waals surface area contributed by atoms with Gasteiger partial charge >= 0.3 is 5.91 Å². The molecule has 0 aliphatic rings. The molecular weight excluding hydrogens is 309 g/mol. The van der Waals surface area contributed by atoms with Crippen LogP contribution in [0.3, 0.4) is 0 Å². The molecule has 0 bridgehead atoms. The predicted octanol–water partition coefficient (Wildman–Crippen LogP) is -0.828. The lowest BCUT2D eigenvalue weighted by atomic mass is 10.1. The largest absolute Gasteiger partial charge is 1.00 e. The van der Waals surface area contributed by atoms with Crippen molar-refractivity contribution in [2.45, 2.75) is 13.5 Å². The van der Waals surface area contributed by atoms with E-state index in [4.69, 9.17) is 11.6 Å². The molecule has 2 aromatic rings. The molecule has 1 N–H and O–H groups in total. The number of hydrogen-bond donors (Lipinski definition) is 1. The maximum atomic E-state index is 11.8. The Balaban J connectivity index is 0.00000220. The molecule has 0 aliphatic carbocycles. The van der Waals surface area contributed by atoms with Crippen molar-refractivity contribution in [1.29, 1.82) is 0 Å². The molecule has 6 heteroatoms. The molecule has 0 radical (unpaired) electrons. The molecule has 0 atom stereocenters. The maximum absolute atomic E-state index is 11.8. The molecule has 0 saturated heterocycles. The summed E-state index contributed by atoms with van der Waals surface area (Å²) in [5, 5.41) is 4.68. The fraction of sp³-hybridized carbons (Fsp3) is 0.133. The van der Waals surface area contributed by atoms with E-state index in [0.717, 1.165) is 5.56 Å². The topological polar surface area (TPSA) is 45.3 Å². The average Bonchev–Trinajstić information content (AvgIpc) is 2.46. The highest BCUT2D eigenvalue weighted by Crippen LogP contribution is 2.15. The average molecular weight is 324 g/mol. The van der Waals surface area contributed by atoms with E-state index >= 15 is 0 Å². The van der Waals surface area contributed by atoms with E-state index in [9.17, 15) is 4.79 Å². The fourth-order valence-electron chi connectivity index (χ4n) is 1.70. The molecule has 110 valence electrons. The van der Waals surface area contributed by atoms with Gasteiger partial charge in [-0.2, -0.15) is 9.67 Å². The van der Waals surface area contributed by atoms with Crippen LogP contribution in [0.4, 0.5) is 0 Å². The molecule has 0 unspecified atom stereocenters. The zero-order valence-electron chi connectivity index (χ0n) is 11.5. The highest BCUT2D eigenvalue weighted by atomic mass is 35.5. The van der Waals surface area contributed by atoms with E-state index in [1.54, 1.807) is 17.6 Å². The lowest BCUT2D eigenvalue weighted by molar-refractivity contribution is -0.684. The van der Waals surface area contributed by atoms with Crippen molar-refractivity contribution in [3.05, 3.63) is 65.4 Å². The molecule has 21 heavy (non-hydrogen) atoms. The van der Waals surface area contributed by atoms with E-state index < -0.39 is 0 Å². The van der Waals surface area contributed by atoms with Crippen molar-refractivity contribution in [3.63, 3.8) is 0 Å². The van der Waals surface area contributed by atoms with Gasteiger partial charge in [-0.3, -0.25) is 4.79 Å². The van der Waals surface area contributed by atoms with Gasteiger partial charge in [0, 0.05) is 22.7 Å². The number of benzene rings is 1. The summed E-state index contributed by atoms with van der Waals surface area (Å²) >= 11 is 6.07. The third kappa shape index (κ3) is 5.17. The van der Waals surface area contributed by atoms with Crippen LogP contribution in [0, 0.1) is 0 Å². The molecule has 0 spiro atoms. The van der Waals surface area contributed by atoms with Crippen LogP contribution in [0.25, 0.3) is 0 Å². The monoisotopic (exact) mass is 323 g/mol. The standard InChI is InChI=1S/C15H14ClN3O.ClH/c1-12(13-7-3-4-8-14(13)16)17-18-15(20)11-19-9-5-2-6-10-19;/h2-10H,11H2,1H3;1H/b17-12+;. The molecule has 0 aliphatic heterocycles. The Morgan fingerprint density at radius 1 is 1.19 bits per heavy atom. The van der Waals surface area contributed by atoms with E-state index in [1.807, 2.05) is 48.8 Å². The van der Waals surface area contributed by atoms with E-state index in [1.165, 1.54) is 0 Å². The van der Waals surface area contributed by atoms with Crippen LogP contribution in [0.2, 0.25) is 5.02 Å². The highest BCUT2D eigenvalue weighted by molar-refractivity contribution is 6.34. The number of aromatic nitrogens is 1. The van der Waals surface area contributed by atoms with Crippen LogP contribution in [-0.4, -0.2) is 11.6 Å². The van der Waals surface area contributed by atoms with Gasteiger partial charge in [-0.25, -0.2) is 5.43 Å². The lowest BCUT2D eigenvalue weighted by Gasteiger charge is -2.03. The molecule has 4 nitrogen and oxygen atoms in total. The van der Waals surface area contributed by atoms with Gasteiger partial charge in [-0.15, -0.1) is 0 Å². The van der Waals surface area contributed by atoms with Gasteiger partial charge < -0.3 is 12.4 Å². The Bertz CT molecular complexity index is 630. The third-order valence-electron chi connectivity index (χ3n) is 2.72. The summed E-state index contributed by atoms with van der Waals surface area (Å²) in [5.74, 6) is -0.187. The summed E-state index contributed by atoms with van der Waals surface area (Å²) in [6, 6.07) is 13.0. The van der Waals surface area contributed by atoms with E-state index in [2.05, 4.69) is 10.5 Å². The minimum Gasteiger partial charge on any atom is -1.00 e. The number of carbonyl (C=O) groups is 1. The Morgan fingerprint density at radius 2 is 1.86 bits per heavy atom. The number of halogens is 2. The summed E-state index contributed by atoms with van der Waals surface area (Å²) in [5.41, 5.74) is 4.00. The van der Waals surface area contributed by atoms with Gasteiger partial charge in [0.05, 0.1) is 5.71 Å². The van der Waals surface area contributed by atoms with E-state index in [-0.39, 0.29) is 24.9 Å².